The van der Waals surface area contributed by atoms with Gasteiger partial charge in [-0.1, -0.05) is 0 Å². The van der Waals surface area contributed by atoms with Gasteiger partial charge in [0.05, 0.1) is 47.9 Å². The summed E-state index contributed by atoms with van der Waals surface area (Å²) in [6.45, 7) is 0. The van der Waals surface area contributed by atoms with E-state index in [1.807, 2.05) is 0 Å². The Labute approximate surface area is 189 Å². The van der Waals surface area contributed by atoms with Gasteiger partial charge >= 0.3 is 17.2 Å². The molecule has 19 nitrogen and oxygen atoms in total. The molecule has 35 heavy (non-hydrogen) atoms. The number of non-ortho nitro benzene ring substituents is 2. The van der Waals surface area contributed by atoms with Crippen molar-refractivity contribution in [1.29, 1.82) is 0 Å². The number of rotatable bonds is 8. The standard InChI is InChI=1S/C16H7N7O12/c24-15(25)16(10-4-2-8(20(28)29)6-12(10)22(32)33)14(23(34)35)13(17-18-16)9-3-1-7(19(26)27)5-11(9)21(30)31/h1-6H,(H,24,25). The average Bonchev–Trinajstić information content (AvgIpc) is 3.19. The summed E-state index contributed by atoms with van der Waals surface area (Å²) in [7, 11) is 0. The molecule has 0 saturated heterocycles. The van der Waals surface area contributed by atoms with Crippen LogP contribution < -0.4 is 0 Å². The highest BCUT2D eigenvalue weighted by atomic mass is 16.6. The van der Waals surface area contributed by atoms with Gasteiger partial charge in [0.1, 0.15) is 0 Å². The van der Waals surface area contributed by atoms with Crippen molar-refractivity contribution in [3.63, 3.8) is 0 Å². The first-order valence-corrected chi connectivity index (χ1v) is 8.74. The Hall–Kier alpha value is -5.75. The van der Waals surface area contributed by atoms with E-state index in [9.17, 15) is 60.5 Å². The van der Waals surface area contributed by atoms with Gasteiger partial charge in [-0.05, 0) is 12.1 Å². The Morgan fingerprint density at radius 1 is 0.743 bits per heavy atom. The first kappa shape index (κ1) is 23.9. The van der Waals surface area contributed by atoms with Crippen LogP contribution in [0.3, 0.4) is 0 Å². The van der Waals surface area contributed by atoms with E-state index >= 15 is 0 Å². The lowest BCUT2D eigenvalue weighted by atomic mass is 9.85. The zero-order chi connectivity index (χ0) is 26.2. The molecule has 1 aliphatic rings. The molecule has 1 aliphatic heterocycles. The Balaban J connectivity index is 2.44. The van der Waals surface area contributed by atoms with Crippen molar-refractivity contribution in [3.05, 3.63) is 104 Å². The third-order valence-corrected chi connectivity index (χ3v) is 4.78. The molecule has 0 spiro atoms. The van der Waals surface area contributed by atoms with Gasteiger partial charge in [-0.15, -0.1) is 5.11 Å². The van der Waals surface area contributed by atoms with Gasteiger partial charge < -0.3 is 5.11 Å². The van der Waals surface area contributed by atoms with Crippen LogP contribution in [-0.2, 0) is 10.3 Å². The van der Waals surface area contributed by atoms with Crippen LogP contribution in [0, 0.1) is 50.6 Å². The van der Waals surface area contributed by atoms with Crippen LogP contribution >= 0.6 is 0 Å². The Morgan fingerprint density at radius 2 is 1.26 bits per heavy atom. The molecule has 0 aromatic heterocycles. The number of nitro groups is 5. The van der Waals surface area contributed by atoms with Crippen LogP contribution in [-0.4, -0.2) is 35.7 Å². The van der Waals surface area contributed by atoms with Crippen LogP contribution in [0.25, 0.3) is 5.70 Å². The van der Waals surface area contributed by atoms with Crippen molar-refractivity contribution >= 4 is 34.4 Å². The Morgan fingerprint density at radius 3 is 1.71 bits per heavy atom. The number of carboxylic acids is 1. The fraction of sp³-hybridized carbons (Fsp3) is 0.0625. The van der Waals surface area contributed by atoms with E-state index in [1.54, 1.807) is 0 Å². The topological polar surface area (TPSA) is 278 Å². The molecule has 0 radical (unpaired) electrons. The Bertz CT molecular complexity index is 1430. The molecular formula is C16H7N7O12. The van der Waals surface area contributed by atoms with Gasteiger partial charge in [-0.2, -0.15) is 5.11 Å². The summed E-state index contributed by atoms with van der Waals surface area (Å²) in [4.78, 5) is 63.6. The molecule has 0 fully saturated rings. The molecule has 0 bridgehead atoms. The molecule has 19 heteroatoms. The highest BCUT2D eigenvalue weighted by molar-refractivity contribution is 5.92. The minimum Gasteiger partial charge on any atom is -0.479 e. The van der Waals surface area contributed by atoms with Crippen molar-refractivity contribution in [2.75, 3.05) is 0 Å². The molecule has 2 aromatic rings. The zero-order valence-electron chi connectivity index (χ0n) is 16.5. The monoisotopic (exact) mass is 489 g/mol. The van der Waals surface area contributed by atoms with Crippen LogP contribution in [0.4, 0.5) is 22.7 Å². The number of benzene rings is 2. The molecule has 0 saturated carbocycles. The van der Waals surface area contributed by atoms with Gasteiger partial charge in [0.2, 0.25) is 0 Å². The second kappa shape index (κ2) is 8.31. The molecular weight excluding hydrogens is 482 g/mol. The summed E-state index contributed by atoms with van der Waals surface area (Å²) in [6.07, 6.45) is 0. The average molecular weight is 489 g/mol. The highest BCUT2D eigenvalue weighted by Crippen LogP contribution is 2.49. The summed E-state index contributed by atoms with van der Waals surface area (Å²) < 4.78 is 0. The van der Waals surface area contributed by atoms with Crippen molar-refractivity contribution in [1.82, 2.24) is 0 Å². The van der Waals surface area contributed by atoms with Gasteiger partial charge in [-0.3, -0.25) is 50.6 Å². The molecule has 1 heterocycles. The normalized spacial score (nSPS) is 16.7. The molecule has 0 amide bonds. The molecule has 2 aromatic carbocycles. The second-order valence-electron chi connectivity index (χ2n) is 6.60. The maximum atomic E-state index is 12.3. The summed E-state index contributed by atoms with van der Waals surface area (Å²) in [5.74, 6) is -2.16. The fourth-order valence-corrected chi connectivity index (χ4v) is 3.31. The van der Waals surface area contributed by atoms with E-state index in [-0.39, 0.29) is 0 Å². The molecule has 0 aliphatic carbocycles. The third-order valence-electron chi connectivity index (χ3n) is 4.78. The summed E-state index contributed by atoms with van der Waals surface area (Å²) in [5, 5.41) is 73.7. The smallest absolute Gasteiger partial charge is 0.350 e. The number of carbonyl (C=O) groups is 1. The van der Waals surface area contributed by atoms with E-state index in [0.717, 1.165) is 6.07 Å². The lowest BCUT2D eigenvalue weighted by Gasteiger charge is -2.18. The summed E-state index contributed by atoms with van der Waals surface area (Å²) in [5.41, 5.74) is -11.3. The number of carboxylic acid groups (broad SMARTS) is 1. The van der Waals surface area contributed by atoms with Crippen LogP contribution in [0.2, 0.25) is 0 Å². The van der Waals surface area contributed by atoms with Crippen LogP contribution in [0.5, 0.6) is 0 Å². The van der Waals surface area contributed by atoms with E-state index < -0.39 is 81.4 Å². The van der Waals surface area contributed by atoms with Gasteiger partial charge in [0.25, 0.3) is 22.7 Å². The first-order valence-electron chi connectivity index (χ1n) is 8.74. The predicted molar refractivity (Wildman–Crippen MR) is 108 cm³/mol. The molecule has 1 atom stereocenters. The first-order chi connectivity index (χ1) is 16.3. The van der Waals surface area contributed by atoms with E-state index in [4.69, 9.17) is 0 Å². The predicted octanol–water partition coefficient (Wildman–Crippen LogP) is 2.71. The molecule has 3 rings (SSSR count). The third kappa shape index (κ3) is 3.73. The lowest BCUT2D eigenvalue weighted by Crippen LogP contribution is -2.38. The number of hydrogen-bond acceptors (Lipinski definition) is 13. The quantitative estimate of drug-likeness (QED) is 0.413. The minimum atomic E-state index is -3.24. The highest BCUT2D eigenvalue weighted by Gasteiger charge is 2.61. The van der Waals surface area contributed by atoms with E-state index in [1.165, 1.54) is 0 Å². The Kier molecular flexibility index (Phi) is 5.67. The SMILES string of the molecule is O=C(O)C1(c2ccc([N+](=O)[O-])cc2[N+](=O)[O-])N=NC(c2ccc([N+](=O)[O-])cc2[N+](=O)[O-])=C1[N+](=O)[O-]. The number of aliphatic carboxylic acids is 1. The maximum Gasteiger partial charge on any atom is 0.350 e. The van der Waals surface area contributed by atoms with Crippen LogP contribution in [0.1, 0.15) is 11.1 Å². The van der Waals surface area contributed by atoms with Crippen molar-refractivity contribution in [2.24, 2.45) is 10.2 Å². The largest absolute Gasteiger partial charge is 0.479 e. The van der Waals surface area contributed by atoms with E-state index in [0.29, 0.717) is 30.3 Å². The maximum absolute atomic E-state index is 12.3. The van der Waals surface area contributed by atoms with Crippen LogP contribution in [0.15, 0.2) is 52.3 Å². The zero-order valence-corrected chi connectivity index (χ0v) is 16.5. The molecule has 178 valence electrons. The molecule has 1 N–H and O–H groups in total. The minimum absolute atomic E-state index is 0.361. The number of azo groups is 1. The molecule has 1 unspecified atom stereocenters. The second-order valence-corrected chi connectivity index (χ2v) is 6.60. The van der Waals surface area contributed by atoms with Crippen molar-refractivity contribution < 1.29 is 34.5 Å². The number of hydrogen-bond donors (Lipinski definition) is 1. The fourth-order valence-electron chi connectivity index (χ4n) is 3.31. The van der Waals surface area contributed by atoms with E-state index in [2.05, 4.69) is 10.2 Å². The van der Waals surface area contributed by atoms with Gasteiger partial charge in [-0.25, -0.2) is 4.79 Å². The number of nitro benzene ring substituents is 4. The summed E-state index contributed by atoms with van der Waals surface area (Å²) in [6, 6.07) is 3.46. The van der Waals surface area contributed by atoms with Gasteiger partial charge in [0, 0.05) is 12.1 Å². The van der Waals surface area contributed by atoms with Crippen molar-refractivity contribution in [3.8, 4) is 0 Å². The lowest BCUT2D eigenvalue weighted by molar-refractivity contribution is -0.433. The number of nitrogens with zero attached hydrogens (tertiary/aromatic N) is 7. The van der Waals surface area contributed by atoms with Gasteiger partial charge in [0.15, 0.2) is 5.70 Å². The summed E-state index contributed by atoms with van der Waals surface area (Å²) >= 11 is 0. The van der Waals surface area contributed by atoms with Crippen molar-refractivity contribution in [2.45, 2.75) is 5.54 Å².